The van der Waals surface area contributed by atoms with Gasteiger partial charge in [-0.25, -0.2) is 4.79 Å². The third kappa shape index (κ3) is 5.83. The molecule has 0 radical (unpaired) electrons. The standard InChI is InChI=1S/C22H18BrNO5/c23-16-8-11-20(19(14-16)22(26)27)24-21(25)15-6-9-18(10-7-15)29-13-12-28-17-4-2-1-3-5-17/h1-11,14H,12-13H2,(H,24,25)(H,26,27). The first-order valence-corrected chi connectivity index (χ1v) is 9.57. The quantitative estimate of drug-likeness (QED) is 0.473. The van der Waals surface area contributed by atoms with E-state index in [9.17, 15) is 14.7 Å². The molecule has 0 saturated heterocycles. The number of rotatable bonds is 8. The Morgan fingerprint density at radius 1 is 0.862 bits per heavy atom. The van der Waals surface area contributed by atoms with E-state index in [1.165, 1.54) is 12.1 Å². The zero-order chi connectivity index (χ0) is 20.6. The molecule has 6 nitrogen and oxygen atoms in total. The van der Waals surface area contributed by atoms with Crippen LogP contribution < -0.4 is 14.8 Å². The van der Waals surface area contributed by atoms with Crippen LogP contribution in [0.3, 0.4) is 0 Å². The average molecular weight is 456 g/mol. The van der Waals surface area contributed by atoms with Crippen LogP contribution in [-0.2, 0) is 0 Å². The summed E-state index contributed by atoms with van der Waals surface area (Å²) in [6.07, 6.45) is 0. The fourth-order valence-electron chi connectivity index (χ4n) is 2.54. The van der Waals surface area contributed by atoms with E-state index in [0.29, 0.717) is 29.0 Å². The molecule has 0 unspecified atom stereocenters. The molecule has 0 bridgehead atoms. The van der Waals surface area contributed by atoms with Gasteiger partial charge in [0.25, 0.3) is 5.91 Å². The number of benzene rings is 3. The van der Waals surface area contributed by atoms with E-state index in [4.69, 9.17) is 9.47 Å². The van der Waals surface area contributed by atoms with Gasteiger partial charge in [-0.15, -0.1) is 0 Å². The number of carbonyl (C=O) groups excluding carboxylic acids is 1. The van der Waals surface area contributed by atoms with Gasteiger partial charge in [-0.1, -0.05) is 34.1 Å². The zero-order valence-corrected chi connectivity index (χ0v) is 16.9. The normalized spacial score (nSPS) is 10.2. The Bertz CT molecular complexity index is 990. The molecule has 3 rings (SSSR count). The van der Waals surface area contributed by atoms with Gasteiger partial charge in [0.15, 0.2) is 0 Å². The fraction of sp³-hybridized carbons (Fsp3) is 0.0909. The lowest BCUT2D eigenvalue weighted by molar-refractivity contribution is 0.0698. The molecule has 3 aromatic rings. The van der Waals surface area contributed by atoms with E-state index in [1.54, 1.807) is 30.3 Å². The SMILES string of the molecule is O=C(Nc1ccc(Br)cc1C(=O)O)c1ccc(OCCOc2ccccc2)cc1. The molecule has 29 heavy (non-hydrogen) atoms. The largest absolute Gasteiger partial charge is 0.490 e. The van der Waals surface area contributed by atoms with Gasteiger partial charge in [-0.2, -0.15) is 0 Å². The van der Waals surface area contributed by atoms with Crippen molar-refractivity contribution in [2.24, 2.45) is 0 Å². The van der Waals surface area contributed by atoms with Crippen LogP contribution in [0.1, 0.15) is 20.7 Å². The van der Waals surface area contributed by atoms with E-state index in [1.807, 2.05) is 30.3 Å². The number of halogens is 1. The Balaban J connectivity index is 1.54. The summed E-state index contributed by atoms with van der Waals surface area (Å²) in [5.74, 6) is -0.151. The van der Waals surface area contributed by atoms with Crippen LogP contribution >= 0.6 is 15.9 Å². The Kier molecular flexibility index (Phi) is 6.86. The topological polar surface area (TPSA) is 84.9 Å². The minimum atomic E-state index is -1.12. The van der Waals surface area contributed by atoms with Crippen molar-refractivity contribution in [3.05, 3.63) is 88.4 Å². The van der Waals surface area contributed by atoms with Crippen molar-refractivity contribution in [3.8, 4) is 11.5 Å². The van der Waals surface area contributed by atoms with E-state index < -0.39 is 11.9 Å². The van der Waals surface area contributed by atoms with Crippen LogP contribution in [0.2, 0.25) is 0 Å². The van der Waals surface area contributed by atoms with Gasteiger partial charge in [0.2, 0.25) is 0 Å². The van der Waals surface area contributed by atoms with Gasteiger partial charge < -0.3 is 19.9 Å². The highest BCUT2D eigenvalue weighted by Gasteiger charge is 2.14. The van der Waals surface area contributed by atoms with E-state index in [2.05, 4.69) is 21.2 Å². The molecule has 0 aliphatic rings. The first kappa shape index (κ1) is 20.4. The van der Waals surface area contributed by atoms with E-state index in [0.717, 1.165) is 5.75 Å². The van der Waals surface area contributed by atoms with Gasteiger partial charge in [-0.3, -0.25) is 4.79 Å². The first-order chi connectivity index (χ1) is 14.0. The number of hydrogen-bond donors (Lipinski definition) is 2. The van der Waals surface area contributed by atoms with Crippen molar-refractivity contribution in [1.82, 2.24) is 0 Å². The highest BCUT2D eigenvalue weighted by Crippen LogP contribution is 2.22. The van der Waals surface area contributed by atoms with Crippen molar-refractivity contribution >= 4 is 33.5 Å². The van der Waals surface area contributed by atoms with Gasteiger partial charge in [0.1, 0.15) is 24.7 Å². The van der Waals surface area contributed by atoms with Gasteiger partial charge in [-0.05, 0) is 54.6 Å². The minimum Gasteiger partial charge on any atom is -0.490 e. The number of aromatic carboxylic acids is 1. The molecule has 7 heteroatoms. The molecule has 0 aliphatic heterocycles. The number of hydrogen-bond acceptors (Lipinski definition) is 4. The molecule has 0 saturated carbocycles. The van der Waals surface area contributed by atoms with Crippen molar-refractivity contribution < 1.29 is 24.2 Å². The van der Waals surface area contributed by atoms with Crippen LogP contribution in [-0.4, -0.2) is 30.2 Å². The van der Waals surface area contributed by atoms with Crippen molar-refractivity contribution in [1.29, 1.82) is 0 Å². The Morgan fingerprint density at radius 3 is 2.10 bits per heavy atom. The predicted molar refractivity (Wildman–Crippen MR) is 113 cm³/mol. The second kappa shape index (κ2) is 9.75. The van der Waals surface area contributed by atoms with E-state index in [-0.39, 0.29) is 11.3 Å². The molecular weight excluding hydrogens is 438 g/mol. The van der Waals surface area contributed by atoms with Crippen LogP contribution in [0, 0.1) is 0 Å². The Morgan fingerprint density at radius 2 is 1.48 bits per heavy atom. The zero-order valence-electron chi connectivity index (χ0n) is 15.3. The third-order valence-electron chi connectivity index (χ3n) is 3.94. The lowest BCUT2D eigenvalue weighted by atomic mass is 10.1. The number of carbonyl (C=O) groups is 2. The van der Waals surface area contributed by atoms with Crippen LogP contribution in [0.25, 0.3) is 0 Å². The van der Waals surface area contributed by atoms with Gasteiger partial charge in [0.05, 0.1) is 11.3 Å². The minimum absolute atomic E-state index is 0.00564. The fourth-order valence-corrected chi connectivity index (χ4v) is 2.90. The lowest BCUT2D eigenvalue weighted by Crippen LogP contribution is -2.15. The van der Waals surface area contributed by atoms with Crippen molar-refractivity contribution in [2.45, 2.75) is 0 Å². The number of carboxylic acids is 1. The lowest BCUT2D eigenvalue weighted by Gasteiger charge is -2.10. The highest BCUT2D eigenvalue weighted by atomic mass is 79.9. The molecular formula is C22H18BrNO5. The molecule has 3 aromatic carbocycles. The molecule has 148 valence electrons. The number of ether oxygens (including phenoxy) is 2. The molecule has 2 N–H and O–H groups in total. The summed E-state index contributed by atoms with van der Waals surface area (Å²) in [4.78, 5) is 23.8. The van der Waals surface area contributed by atoms with Crippen LogP contribution in [0.15, 0.2) is 77.3 Å². The van der Waals surface area contributed by atoms with Crippen LogP contribution in [0.4, 0.5) is 5.69 Å². The number of para-hydroxylation sites is 1. The summed E-state index contributed by atoms with van der Waals surface area (Å²) < 4.78 is 11.8. The molecule has 0 aromatic heterocycles. The maximum atomic E-state index is 12.4. The molecule has 0 aliphatic carbocycles. The van der Waals surface area contributed by atoms with Crippen LogP contribution in [0.5, 0.6) is 11.5 Å². The average Bonchev–Trinajstić information content (AvgIpc) is 2.73. The maximum Gasteiger partial charge on any atom is 0.337 e. The highest BCUT2D eigenvalue weighted by molar-refractivity contribution is 9.10. The molecule has 0 heterocycles. The van der Waals surface area contributed by atoms with Crippen molar-refractivity contribution in [3.63, 3.8) is 0 Å². The second-order valence-corrected chi connectivity index (χ2v) is 6.90. The van der Waals surface area contributed by atoms with Crippen molar-refractivity contribution in [2.75, 3.05) is 18.5 Å². The maximum absolute atomic E-state index is 12.4. The Hall–Kier alpha value is -3.32. The monoisotopic (exact) mass is 455 g/mol. The predicted octanol–water partition coefficient (Wildman–Crippen LogP) is 4.86. The van der Waals surface area contributed by atoms with Gasteiger partial charge >= 0.3 is 5.97 Å². The number of carboxylic acid groups (broad SMARTS) is 1. The number of anilines is 1. The van der Waals surface area contributed by atoms with E-state index >= 15 is 0 Å². The summed E-state index contributed by atoms with van der Waals surface area (Å²) in [6.45, 7) is 0.759. The molecule has 0 fully saturated rings. The Labute approximate surface area is 176 Å². The van der Waals surface area contributed by atoms with Gasteiger partial charge in [0, 0.05) is 10.0 Å². The summed E-state index contributed by atoms with van der Waals surface area (Å²) in [6, 6.07) is 20.7. The third-order valence-corrected chi connectivity index (χ3v) is 4.43. The molecule has 1 amide bonds. The number of nitrogens with one attached hydrogen (secondary N) is 1. The molecule has 0 atom stereocenters. The summed E-state index contributed by atoms with van der Waals surface area (Å²) in [5.41, 5.74) is 0.618. The first-order valence-electron chi connectivity index (χ1n) is 8.78. The molecule has 0 spiro atoms. The smallest absolute Gasteiger partial charge is 0.337 e. The number of amides is 1. The second-order valence-electron chi connectivity index (χ2n) is 5.98. The summed E-state index contributed by atoms with van der Waals surface area (Å²) in [5, 5.41) is 11.9. The summed E-state index contributed by atoms with van der Waals surface area (Å²) in [7, 11) is 0. The summed E-state index contributed by atoms with van der Waals surface area (Å²) >= 11 is 3.22.